The maximum Gasteiger partial charge on any atom is 0.174 e. The van der Waals surface area contributed by atoms with Gasteiger partial charge < -0.3 is 9.67 Å². The predicted molar refractivity (Wildman–Crippen MR) is 71.7 cm³/mol. The van der Waals surface area contributed by atoms with Gasteiger partial charge in [0.05, 0.1) is 24.1 Å². The quantitative estimate of drug-likeness (QED) is 0.926. The molecule has 1 N–H and O–H groups in total. The molecule has 0 saturated heterocycles. The fourth-order valence-corrected chi connectivity index (χ4v) is 2.80. The Morgan fingerprint density at radius 2 is 2.21 bits per heavy atom. The Kier molecular flexibility index (Phi) is 3.88. The Morgan fingerprint density at radius 1 is 1.47 bits per heavy atom. The van der Waals surface area contributed by atoms with Crippen molar-refractivity contribution in [3.8, 4) is 6.07 Å². The SMILES string of the molecule is Cc1cc(C)c(C#N)c(Sc2ncc(CO)n2C)n1. The van der Waals surface area contributed by atoms with Crippen molar-refractivity contribution >= 4 is 11.8 Å². The van der Waals surface area contributed by atoms with Crippen molar-refractivity contribution in [2.45, 2.75) is 30.6 Å². The van der Waals surface area contributed by atoms with Crippen LogP contribution in [0.25, 0.3) is 0 Å². The van der Waals surface area contributed by atoms with Crippen LogP contribution in [-0.2, 0) is 13.7 Å². The molecule has 6 heteroatoms. The summed E-state index contributed by atoms with van der Waals surface area (Å²) in [6.07, 6.45) is 1.62. The van der Waals surface area contributed by atoms with Crippen LogP contribution in [0.3, 0.4) is 0 Å². The first-order chi connectivity index (χ1) is 9.06. The number of nitriles is 1. The average Bonchev–Trinajstić information content (AvgIpc) is 2.70. The molecule has 2 aromatic heterocycles. The number of aryl methyl sites for hydroxylation is 2. The van der Waals surface area contributed by atoms with Gasteiger partial charge in [0, 0.05) is 12.7 Å². The lowest BCUT2D eigenvalue weighted by atomic mass is 10.1. The van der Waals surface area contributed by atoms with Gasteiger partial charge in [-0.2, -0.15) is 5.26 Å². The molecule has 0 unspecified atom stereocenters. The lowest BCUT2D eigenvalue weighted by Crippen LogP contribution is -1.99. The molecule has 0 atom stereocenters. The van der Waals surface area contributed by atoms with Crippen LogP contribution in [0.5, 0.6) is 0 Å². The number of nitrogens with zero attached hydrogens (tertiary/aromatic N) is 4. The van der Waals surface area contributed by atoms with Crippen molar-refractivity contribution in [3.63, 3.8) is 0 Å². The van der Waals surface area contributed by atoms with Gasteiger partial charge in [-0.15, -0.1) is 0 Å². The highest BCUT2D eigenvalue weighted by Crippen LogP contribution is 2.29. The summed E-state index contributed by atoms with van der Waals surface area (Å²) in [5, 5.41) is 19.7. The van der Waals surface area contributed by atoms with Crippen LogP contribution in [-0.4, -0.2) is 19.6 Å². The van der Waals surface area contributed by atoms with E-state index in [1.54, 1.807) is 10.8 Å². The van der Waals surface area contributed by atoms with Crippen LogP contribution in [0.2, 0.25) is 0 Å². The molecule has 0 aliphatic rings. The molecule has 0 radical (unpaired) electrons. The van der Waals surface area contributed by atoms with Crippen molar-refractivity contribution in [2.24, 2.45) is 7.05 Å². The average molecular weight is 274 g/mol. The second kappa shape index (κ2) is 5.43. The van der Waals surface area contributed by atoms with E-state index in [-0.39, 0.29) is 6.61 Å². The summed E-state index contributed by atoms with van der Waals surface area (Å²) >= 11 is 1.34. The Hall–Kier alpha value is -1.84. The number of hydrogen-bond acceptors (Lipinski definition) is 5. The molecular weight excluding hydrogens is 260 g/mol. The van der Waals surface area contributed by atoms with Crippen LogP contribution in [0, 0.1) is 25.2 Å². The van der Waals surface area contributed by atoms with Gasteiger partial charge in [-0.1, -0.05) is 0 Å². The van der Waals surface area contributed by atoms with Crippen molar-refractivity contribution in [3.05, 3.63) is 34.8 Å². The molecule has 0 bridgehead atoms. The second-order valence-corrected chi connectivity index (χ2v) is 5.18. The molecule has 0 aliphatic heterocycles. The van der Waals surface area contributed by atoms with Gasteiger partial charge in [0.1, 0.15) is 11.1 Å². The molecule has 0 amide bonds. The third kappa shape index (κ3) is 2.62. The van der Waals surface area contributed by atoms with Gasteiger partial charge >= 0.3 is 0 Å². The predicted octanol–water partition coefficient (Wildman–Crippen LogP) is 1.95. The van der Waals surface area contributed by atoms with Crippen molar-refractivity contribution in [1.82, 2.24) is 14.5 Å². The Labute approximate surface area is 115 Å². The third-order valence-electron chi connectivity index (χ3n) is 2.82. The summed E-state index contributed by atoms with van der Waals surface area (Å²) in [5.74, 6) is 0. The van der Waals surface area contributed by atoms with Gasteiger partial charge in [-0.05, 0) is 37.2 Å². The molecular formula is C13H14N4OS. The number of rotatable bonds is 3. The van der Waals surface area contributed by atoms with Gasteiger partial charge in [-0.25, -0.2) is 9.97 Å². The molecule has 19 heavy (non-hydrogen) atoms. The minimum Gasteiger partial charge on any atom is -0.390 e. The van der Waals surface area contributed by atoms with E-state index in [1.165, 1.54) is 11.8 Å². The van der Waals surface area contributed by atoms with Crippen LogP contribution in [0.15, 0.2) is 22.4 Å². The zero-order chi connectivity index (χ0) is 14.0. The van der Waals surface area contributed by atoms with E-state index in [0.717, 1.165) is 17.0 Å². The standard InChI is InChI=1S/C13H14N4OS/c1-8-4-9(2)16-12(11(8)5-14)19-13-15-6-10(7-18)17(13)3/h4,6,18H,7H2,1-3H3. The number of pyridine rings is 1. The van der Waals surface area contributed by atoms with Gasteiger partial charge in [-0.3, -0.25) is 0 Å². The topological polar surface area (TPSA) is 74.7 Å². The summed E-state index contributed by atoms with van der Waals surface area (Å²) < 4.78 is 1.80. The Morgan fingerprint density at radius 3 is 2.79 bits per heavy atom. The highest BCUT2D eigenvalue weighted by atomic mass is 32.2. The molecule has 0 spiro atoms. The van der Waals surface area contributed by atoms with Crippen molar-refractivity contribution < 1.29 is 5.11 Å². The zero-order valence-electron chi connectivity index (χ0n) is 11.0. The van der Waals surface area contributed by atoms with Gasteiger partial charge in [0.15, 0.2) is 5.16 Å². The second-order valence-electron chi connectivity index (χ2n) is 4.22. The first kappa shape index (κ1) is 13.6. The number of aliphatic hydroxyl groups is 1. The molecule has 0 saturated carbocycles. The molecule has 2 aromatic rings. The Bertz CT molecular complexity index is 657. The van der Waals surface area contributed by atoms with E-state index in [2.05, 4.69) is 16.0 Å². The first-order valence-electron chi connectivity index (χ1n) is 5.74. The van der Waals surface area contributed by atoms with Crippen LogP contribution >= 0.6 is 11.8 Å². The highest BCUT2D eigenvalue weighted by molar-refractivity contribution is 7.99. The van der Waals surface area contributed by atoms with E-state index >= 15 is 0 Å². The number of imidazole rings is 1. The monoisotopic (exact) mass is 274 g/mol. The zero-order valence-corrected chi connectivity index (χ0v) is 11.8. The lowest BCUT2D eigenvalue weighted by Gasteiger charge is -2.07. The smallest absolute Gasteiger partial charge is 0.174 e. The number of aliphatic hydroxyl groups excluding tert-OH is 1. The third-order valence-corrected chi connectivity index (χ3v) is 3.87. The van der Waals surface area contributed by atoms with Crippen molar-refractivity contribution in [1.29, 1.82) is 5.26 Å². The summed E-state index contributed by atoms with van der Waals surface area (Å²) in [6.45, 7) is 3.74. The fourth-order valence-electron chi connectivity index (χ4n) is 1.77. The Balaban J connectivity index is 2.43. The maximum absolute atomic E-state index is 9.22. The summed E-state index contributed by atoms with van der Waals surface area (Å²) in [6, 6.07) is 4.07. The van der Waals surface area contributed by atoms with E-state index < -0.39 is 0 Å². The lowest BCUT2D eigenvalue weighted by molar-refractivity contribution is 0.271. The van der Waals surface area contributed by atoms with Crippen molar-refractivity contribution in [2.75, 3.05) is 0 Å². The summed E-state index contributed by atoms with van der Waals surface area (Å²) in [5.41, 5.74) is 3.08. The summed E-state index contributed by atoms with van der Waals surface area (Å²) in [7, 11) is 1.83. The van der Waals surface area contributed by atoms with Crippen LogP contribution < -0.4 is 0 Å². The number of hydrogen-bond donors (Lipinski definition) is 1. The maximum atomic E-state index is 9.22. The van der Waals surface area contributed by atoms with Crippen LogP contribution in [0.1, 0.15) is 22.5 Å². The molecule has 98 valence electrons. The van der Waals surface area contributed by atoms with Gasteiger partial charge in [0.2, 0.25) is 0 Å². The van der Waals surface area contributed by atoms with E-state index in [0.29, 0.717) is 15.7 Å². The molecule has 0 aromatic carbocycles. The normalized spacial score (nSPS) is 10.5. The van der Waals surface area contributed by atoms with E-state index in [1.807, 2.05) is 27.0 Å². The summed E-state index contributed by atoms with van der Waals surface area (Å²) in [4.78, 5) is 8.63. The molecule has 2 heterocycles. The van der Waals surface area contributed by atoms with Gasteiger partial charge in [0.25, 0.3) is 0 Å². The minimum absolute atomic E-state index is 0.0601. The van der Waals surface area contributed by atoms with E-state index in [4.69, 9.17) is 5.11 Å². The minimum atomic E-state index is -0.0601. The largest absolute Gasteiger partial charge is 0.390 e. The highest BCUT2D eigenvalue weighted by Gasteiger charge is 2.14. The van der Waals surface area contributed by atoms with Crippen LogP contribution in [0.4, 0.5) is 0 Å². The molecule has 0 fully saturated rings. The number of aromatic nitrogens is 3. The van der Waals surface area contributed by atoms with E-state index in [9.17, 15) is 5.26 Å². The molecule has 5 nitrogen and oxygen atoms in total. The molecule has 2 rings (SSSR count). The fraction of sp³-hybridized carbons (Fsp3) is 0.308. The first-order valence-corrected chi connectivity index (χ1v) is 6.56. The molecule has 0 aliphatic carbocycles.